The van der Waals surface area contributed by atoms with Crippen LogP contribution in [0.15, 0.2) is 35.3 Å². The first kappa shape index (κ1) is 16.1. The van der Waals surface area contributed by atoms with Gasteiger partial charge in [-0.25, -0.2) is 14.8 Å². The van der Waals surface area contributed by atoms with Gasteiger partial charge in [-0.3, -0.25) is 0 Å². The molecule has 2 N–H and O–H groups in total. The molecule has 2 heterocycles. The van der Waals surface area contributed by atoms with Crippen molar-refractivity contribution < 1.29 is 4.79 Å². The van der Waals surface area contributed by atoms with Gasteiger partial charge in [0.05, 0.1) is 17.3 Å². The number of aliphatic imine (C=N–C) groups is 1. The third-order valence-corrected chi connectivity index (χ3v) is 3.97. The van der Waals surface area contributed by atoms with Crippen LogP contribution in [-0.4, -0.2) is 23.3 Å². The van der Waals surface area contributed by atoms with Gasteiger partial charge in [-0.15, -0.1) is 0 Å². The van der Waals surface area contributed by atoms with E-state index in [0.29, 0.717) is 39.7 Å². The molecule has 23 heavy (non-hydrogen) atoms. The highest BCUT2D eigenvalue weighted by atomic mass is 35.5. The molecule has 118 valence electrons. The number of urea groups is 1. The van der Waals surface area contributed by atoms with E-state index in [1.165, 1.54) is 0 Å². The van der Waals surface area contributed by atoms with E-state index in [1.54, 1.807) is 24.3 Å². The predicted octanol–water partition coefficient (Wildman–Crippen LogP) is 4.49. The summed E-state index contributed by atoms with van der Waals surface area (Å²) in [7, 11) is 0. The summed E-state index contributed by atoms with van der Waals surface area (Å²) in [6.07, 6.45) is 0.640. The van der Waals surface area contributed by atoms with Crippen LogP contribution >= 0.6 is 34.8 Å². The first-order valence-electron chi connectivity index (χ1n) is 6.73. The minimum absolute atomic E-state index is 0.311. The van der Waals surface area contributed by atoms with Crippen LogP contribution in [0, 0.1) is 0 Å². The Bertz CT molecular complexity index is 807. The summed E-state index contributed by atoms with van der Waals surface area (Å²) in [6, 6.07) is 8.08. The lowest BCUT2D eigenvalue weighted by Crippen LogP contribution is -2.33. The van der Waals surface area contributed by atoms with Crippen molar-refractivity contribution in [3.05, 3.63) is 51.1 Å². The molecular weight excluding hydrogens is 359 g/mol. The summed E-state index contributed by atoms with van der Waals surface area (Å²) in [5.74, 6) is 0.607. The van der Waals surface area contributed by atoms with Gasteiger partial charge in [0.15, 0.2) is 5.82 Å². The summed E-state index contributed by atoms with van der Waals surface area (Å²) >= 11 is 17.7. The molecule has 1 aliphatic heterocycles. The van der Waals surface area contributed by atoms with Gasteiger partial charge in [0, 0.05) is 22.7 Å². The summed E-state index contributed by atoms with van der Waals surface area (Å²) in [4.78, 5) is 20.4. The van der Waals surface area contributed by atoms with E-state index in [-0.39, 0.29) is 6.03 Å². The summed E-state index contributed by atoms with van der Waals surface area (Å²) in [6.45, 7) is 0.311. The molecule has 8 heteroatoms. The average molecular weight is 370 g/mol. The van der Waals surface area contributed by atoms with E-state index < -0.39 is 0 Å². The molecule has 0 bridgehead atoms. The maximum Gasteiger partial charge on any atom is 0.319 e. The van der Waals surface area contributed by atoms with Crippen molar-refractivity contribution in [1.29, 1.82) is 0 Å². The monoisotopic (exact) mass is 368 g/mol. The van der Waals surface area contributed by atoms with Gasteiger partial charge in [-0.1, -0.05) is 40.9 Å². The van der Waals surface area contributed by atoms with Gasteiger partial charge < -0.3 is 10.6 Å². The van der Waals surface area contributed by atoms with Gasteiger partial charge in [-0.2, -0.15) is 0 Å². The summed E-state index contributed by atoms with van der Waals surface area (Å²) in [5.41, 5.74) is 2.29. The van der Waals surface area contributed by atoms with Gasteiger partial charge in [0.25, 0.3) is 0 Å². The molecular formula is C15H11Cl3N4O. The van der Waals surface area contributed by atoms with E-state index in [0.717, 1.165) is 11.3 Å². The highest BCUT2D eigenvalue weighted by Crippen LogP contribution is 2.26. The van der Waals surface area contributed by atoms with Crippen LogP contribution in [0.3, 0.4) is 0 Å². The number of pyridine rings is 1. The number of hydrogen-bond acceptors (Lipinski definition) is 3. The topological polar surface area (TPSA) is 66.4 Å². The molecule has 1 aromatic carbocycles. The lowest BCUT2D eigenvalue weighted by atomic mass is 10.1. The number of rotatable bonds is 3. The van der Waals surface area contributed by atoms with Gasteiger partial charge in [0.1, 0.15) is 5.15 Å². The second-order valence-corrected chi connectivity index (χ2v) is 6.13. The zero-order valence-corrected chi connectivity index (χ0v) is 14.0. The SMILES string of the molecule is O=C(NCC1=Nc2nc(Cl)ccc2C1)Nc1ccc(Cl)cc1Cl. The van der Waals surface area contributed by atoms with Crippen molar-refractivity contribution in [1.82, 2.24) is 10.3 Å². The van der Waals surface area contributed by atoms with Crippen molar-refractivity contribution in [3.8, 4) is 0 Å². The molecule has 2 aromatic rings. The second-order valence-electron chi connectivity index (χ2n) is 4.90. The number of carbonyl (C=O) groups excluding carboxylic acids is 1. The van der Waals surface area contributed by atoms with Crippen molar-refractivity contribution in [3.63, 3.8) is 0 Å². The van der Waals surface area contributed by atoms with Crippen LogP contribution in [-0.2, 0) is 6.42 Å². The molecule has 0 unspecified atom stereocenters. The number of nitrogens with one attached hydrogen (secondary N) is 2. The predicted molar refractivity (Wildman–Crippen MR) is 93.5 cm³/mol. The Morgan fingerprint density at radius 1 is 1.17 bits per heavy atom. The minimum atomic E-state index is -0.376. The molecule has 1 aliphatic rings. The summed E-state index contributed by atoms with van der Waals surface area (Å²) in [5, 5.41) is 6.67. The normalized spacial score (nSPS) is 12.6. The molecule has 1 aromatic heterocycles. The van der Waals surface area contributed by atoms with Crippen LogP contribution in [0.1, 0.15) is 5.56 Å². The second kappa shape index (κ2) is 6.74. The smallest absolute Gasteiger partial charge is 0.319 e. The van der Waals surface area contributed by atoms with Crippen LogP contribution < -0.4 is 10.6 Å². The Kier molecular flexibility index (Phi) is 4.71. The lowest BCUT2D eigenvalue weighted by Gasteiger charge is -2.09. The number of carbonyl (C=O) groups is 1. The first-order valence-corrected chi connectivity index (χ1v) is 7.86. The largest absolute Gasteiger partial charge is 0.333 e. The number of nitrogens with zero attached hydrogens (tertiary/aromatic N) is 2. The van der Waals surface area contributed by atoms with Gasteiger partial charge >= 0.3 is 6.03 Å². The van der Waals surface area contributed by atoms with E-state index in [2.05, 4.69) is 20.6 Å². The van der Waals surface area contributed by atoms with Gasteiger partial charge in [0.2, 0.25) is 0 Å². The molecule has 0 spiro atoms. The minimum Gasteiger partial charge on any atom is -0.333 e. The van der Waals surface area contributed by atoms with Crippen LogP contribution in [0.5, 0.6) is 0 Å². The molecule has 0 saturated carbocycles. The average Bonchev–Trinajstić information content (AvgIpc) is 2.90. The summed E-state index contributed by atoms with van der Waals surface area (Å²) < 4.78 is 0. The fourth-order valence-corrected chi connectivity index (χ4v) is 2.74. The molecule has 0 saturated heterocycles. The van der Waals surface area contributed by atoms with E-state index in [1.807, 2.05) is 6.07 Å². The number of aromatic nitrogens is 1. The highest BCUT2D eigenvalue weighted by Gasteiger charge is 2.16. The Labute approximate surface area is 147 Å². The molecule has 5 nitrogen and oxygen atoms in total. The van der Waals surface area contributed by atoms with Crippen molar-refractivity contribution in [2.24, 2.45) is 4.99 Å². The van der Waals surface area contributed by atoms with Crippen LogP contribution in [0.2, 0.25) is 15.2 Å². The number of fused-ring (bicyclic) bond motifs is 1. The molecule has 0 radical (unpaired) electrons. The number of hydrogen-bond donors (Lipinski definition) is 2. The van der Waals surface area contributed by atoms with E-state index in [9.17, 15) is 4.79 Å². The highest BCUT2D eigenvalue weighted by molar-refractivity contribution is 6.36. The van der Waals surface area contributed by atoms with E-state index >= 15 is 0 Å². The third kappa shape index (κ3) is 3.93. The Hall–Kier alpha value is -1.82. The van der Waals surface area contributed by atoms with Crippen molar-refractivity contribution >= 4 is 58.1 Å². The fourth-order valence-electron chi connectivity index (χ4n) is 2.14. The van der Waals surface area contributed by atoms with Crippen LogP contribution in [0.25, 0.3) is 0 Å². The number of benzene rings is 1. The van der Waals surface area contributed by atoms with Crippen molar-refractivity contribution in [2.45, 2.75) is 6.42 Å². The Morgan fingerprint density at radius 2 is 2.00 bits per heavy atom. The zero-order valence-electron chi connectivity index (χ0n) is 11.7. The Balaban J connectivity index is 1.57. The van der Waals surface area contributed by atoms with Gasteiger partial charge in [-0.05, 0) is 24.3 Å². The number of amides is 2. The van der Waals surface area contributed by atoms with Crippen molar-refractivity contribution in [2.75, 3.05) is 11.9 Å². The molecule has 0 aliphatic carbocycles. The zero-order chi connectivity index (χ0) is 16.4. The quantitative estimate of drug-likeness (QED) is 0.783. The first-order chi connectivity index (χ1) is 11.0. The standard InChI is InChI=1S/C15H11Cl3N4O/c16-9-2-3-12(11(17)6-9)21-15(23)19-7-10-5-8-1-4-13(18)22-14(8)20-10/h1-4,6H,5,7H2,(H2,19,21,23). The molecule has 2 amide bonds. The number of anilines is 1. The molecule has 0 atom stereocenters. The lowest BCUT2D eigenvalue weighted by molar-refractivity contribution is 0.253. The number of halogens is 3. The van der Waals surface area contributed by atoms with E-state index in [4.69, 9.17) is 34.8 Å². The molecule has 3 rings (SSSR count). The maximum absolute atomic E-state index is 11.9. The van der Waals surface area contributed by atoms with Crippen LogP contribution in [0.4, 0.5) is 16.3 Å². The third-order valence-electron chi connectivity index (χ3n) is 3.21. The fraction of sp³-hybridized carbons (Fsp3) is 0.133. The Morgan fingerprint density at radius 3 is 2.78 bits per heavy atom. The maximum atomic E-state index is 11.9. The molecule has 0 fully saturated rings.